The van der Waals surface area contributed by atoms with Crippen LogP contribution in [-0.4, -0.2) is 42.4 Å². The molecule has 2 aliphatic rings. The van der Waals surface area contributed by atoms with Crippen LogP contribution >= 0.6 is 0 Å². The van der Waals surface area contributed by atoms with Gasteiger partial charge in [0.05, 0.1) is 12.6 Å². The smallest absolute Gasteiger partial charge is 0.243 e. The van der Waals surface area contributed by atoms with E-state index in [0.29, 0.717) is 12.0 Å². The monoisotopic (exact) mass is 302 g/mol. The van der Waals surface area contributed by atoms with E-state index in [4.69, 9.17) is 4.52 Å². The highest BCUT2D eigenvalue weighted by Gasteiger charge is 2.33. The number of hydrogen-bond acceptors (Lipinski definition) is 6. The van der Waals surface area contributed by atoms with Gasteiger partial charge in [0.15, 0.2) is 5.82 Å². The Kier molecular flexibility index (Phi) is 3.65. The van der Waals surface area contributed by atoms with Gasteiger partial charge >= 0.3 is 0 Å². The van der Waals surface area contributed by atoms with Crippen molar-refractivity contribution in [1.82, 2.24) is 29.8 Å². The van der Waals surface area contributed by atoms with Crippen LogP contribution in [0.4, 0.5) is 0 Å². The second-order valence-corrected chi connectivity index (χ2v) is 6.45. The Bertz CT molecular complexity index is 605. The Morgan fingerprint density at radius 3 is 3.00 bits per heavy atom. The number of hydrogen-bond donors (Lipinski definition) is 0. The van der Waals surface area contributed by atoms with Crippen LogP contribution in [0, 0.1) is 0 Å². The molecule has 0 spiro atoms. The minimum atomic E-state index is 0.161. The third kappa shape index (κ3) is 2.77. The molecule has 4 rings (SSSR count). The van der Waals surface area contributed by atoms with Crippen LogP contribution in [-0.2, 0) is 6.54 Å². The fraction of sp³-hybridized carbons (Fsp3) is 0.733. The fourth-order valence-electron chi connectivity index (χ4n) is 3.34. The molecule has 118 valence electrons. The summed E-state index contributed by atoms with van der Waals surface area (Å²) in [6.45, 7) is 4.11. The third-order valence-electron chi connectivity index (χ3n) is 4.79. The maximum atomic E-state index is 5.53. The van der Waals surface area contributed by atoms with Crippen LogP contribution in [0.1, 0.15) is 62.7 Å². The molecule has 2 fully saturated rings. The zero-order chi connectivity index (χ0) is 14.9. The topological polar surface area (TPSA) is 72.9 Å². The summed E-state index contributed by atoms with van der Waals surface area (Å²) in [7, 11) is 0. The summed E-state index contributed by atoms with van der Waals surface area (Å²) in [6.07, 6.45) is 9.44. The van der Waals surface area contributed by atoms with Gasteiger partial charge in [-0.1, -0.05) is 11.6 Å². The van der Waals surface area contributed by atoms with Crippen molar-refractivity contribution < 1.29 is 4.52 Å². The van der Waals surface area contributed by atoms with E-state index in [2.05, 4.69) is 32.0 Å². The van der Waals surface area contributed by atoms with Gasteiger partial charge in [-0.05, 0) is 39.2 Å². The molecule has 7 nitrogen and oxygen atoms in total. The molecule has 2 atom stereocenters. The largest absolute Gasteiger partial charge is 0.338 e. The van der Waals surface area contributed by atoms with Crippen molar-refractivity contribution in [3.8, 4) is 0 Å². The molecule has 2 aromatic heterocycles. The molecular formula is C15H22N6O. The van der Waals surface area contributed by atoms with E-state index < -0.39 is 0 Å². The van der Waals surface area contributed by atoms with Gasteiger partial charge in [0.25, 0.3) is 0 Å². The first-order chi connectivity index (χ1) is 10.8. The molecule has 2 aromatic rings. The molecule has 0 unspecified atom stereocenters. The number of nitrogens with zero attached hydrogens (tertiary/aromatic N) is 6. The normalized spacial score (nSPS) is 24.5. The lowest BCUT2D eigenvalue weighted by molar-refractivity contribution is 0.0719. The van der Waals surface area contributed by atoms with E-state index in [1.165, 1.54) is 32.1 Å². The first-order valence-corrected chi connectivity index (χ1v) is 8.23. The van der Waals surface area contributed by atoms with E-state index in [0.717, 1.165) is 24.8 Å². The molecule has 7 heteroatoms. The van der Waals surface area contributed by atoms with E-state index in [-0.39, 0.29) is 6.04 Å². The molecule has 22 heavy (non-hydrogen) atoms. The van der Waals surface area contributed by atoms with Gasteiger partial charge < -0.3 is 4.52 Å². The number of rotatable bonds is 5. The molecular weight excluding hydrogens is 280 g/mol. The first kappa shape index (κ1) is 13.9. The number of aromatic nitrogens is 5. The predicted octanol–water partition coefficient (Wildman–Crippen LogP) is 2.15. The maximum absolute atomic E-state index is 5.53. The average Bonchev–Trinajstić information content (AvgIpc) is 3.06. The molecule has 1 aliphatic carbocycles. The average molecular weight is 302 g/mol. The molecule has 0 aromatic carbocycles. The maximum Gasteiger partial charge on any atom is 0.243 e. The van der Waals surface area contributed by atoms with Gasteiger partial charge in [0.1, 0.15) is 12.7 Å². The van der Waals surface area contributed by atoms with Crippen molar-refractivity contribution in [2.45, 2.75) is 63.6 Å². The van der Waals surface area contributed by atoms with Crippen molar-refractivity contribution in [3.05, 3.63) is 24.4 Å². The fourth-order valence-corrected chi connectivity index (χ4v) is 3.34. The zero-order valence-electron chi connectivity index (χ0n) is 12.9. The van der Waals surface area contributed by atoms with E-state index in [1.807, 2.05) is 4.68 Å². The van der Waals surface area contributed by atoms with Crippen LogP contribution < -0.4 is 0 Å². The van der Waals surface area contributed by atoms with Crippen molar-refractivity contribution in [2.75, 3.05) is 6.54 Å². The number of piperidine rings is 1. The quantitative estimate of drug-likeness (QED) is 0.842. The summed E-state index contributed by atoms with van der Waals surface area (Å²) >= 11 is 0. The van der Waals surface area contributed by atoms with Gasteiger partial charge in [-0.25, -0.2) is 4.98 Å². The molecule has 1 saturated heterocycles. The Balaban J connectivity index is 1.49. The van der Waals surface area contributed by atoms with Crippen molar-refractivity contribution in [3.63, 3.8) is 0 Å². The molecule has 0 amide bonds. The molecule has 3 heterocycles. The lowest BCUT2D eigenvalue weighted by Crippen LogP contribution is -2.43. The highest BCUT2D eigenvalue weighted by Crippen LogP contribution is 2.39. The summed E-state index contributed by atoms with van der Waals surface area (Å²) in [5, 5.41) is 8.39. The van der Waals surface area contributed by atoms with E-state index in [1.54, 1.807) is 12.7 Å². The van der Waals surface area contributed by atoms with Crippen molar-refractivity contribution in [1.29, 1.82) is 0 Å². The Morgan fingerprint density at radius 1 is 1.32 bits per heavy atom. The van der Waals surface area contributed by atoms with Gasteiger partial charge in [-0.2, -0.15) is 10.1 Å². The number of likely N-dealkylation sites (tertiary alicyclic amines) is 1. The van der Waals surface area contributed by atoms with Gasteiger partial charge in [0.2, 0.25) is 5.89 Å². The van der Waals surface area contributed by atoms with Crippen LogP contribution in [0.15, 0.2) is 17.2 Å². The van der Waals surface area contributed by atoms with E-state index >= 15 is 0 Å². The van der Waals surface area contributed by atoms with Crippen LogP contribution in [0.3, 0.4) is 0 Å². The van der Waals surface area contributed by atoms with E-state index in [9.17, 15) is 0 Å². The minimum absolute atomic E-state index is 0.161. The molecule has 0 N–H and O–H groups in total. The first-order valence-electron chi connectivity index (χ1n) is 8.23. The van der Waals surface area contributed by atoms with Crippen molar-refractivity contribution in [2.24, 2.45) is 0 Å². The van der Waals surface area contributed by atoms with Gasteiger partial charge in [0, 0.05) is 12.0 Å². The summed E-state index contributed by atoms with van der Waals surface area (Å²) in [4.78, 5) is 11.1. The van der Waals surface area contributed by atoms with Crippen LogP contribution in [0.2, 0.25) is 0 Å². The SMILES string of the molecule is C[C@@H](c1nc(C2CC2)no1)N1CCCC[C@@H]1Cn1cncn1. The zero-order valence-corrected chi connectivity index (χ0v) is 12.9. The Hall–Kier alpha value is -1.76. The summed E-state index contributed by atoms with van der Waals surface area (Å²) in [5.41, 5.74) is 0. The molecule has 1 saturated carbocycles. The second kappa shape index (κ2) is 5.79. The van der Waals surface area contributed by atoms with Crippen molar-refractivity contribution >= 4 is 0 Å². The highest BCUT2D eigenvalue weighted by molar-refractivity contribution is 5.05. The van der Waals surface area contributed by atoms with Crippen LogP contribution in [0.5, 0.6) is 0 Å². The third-order valence-corrected chi connectivity index (χ3v) is 4.79. The molecule has 0 bridgehead atoms. The minimum Gasteiger partial charge on any atom is -0.338 e. The van der Waals surface area contributed by atoms with Gasteiger partial charge in [-0.15, -0.1) is 0 Å². The highest BCUT2D eigenvalue weighted by atomic mass is 16.5. The Labute approximate surface area is 129 Å². The van der Waals surface area contributed by atoms with Crippen LogP contribution in [0.25, 0.3) is 0 Å². The molecule has 0 radical (unpaired) electrons. The lowest BCUT2D eigenvalue weighted by Gasteiger charge is -2.38. The summed E-state index contributed by atoms with van der Waals surface area (Å²) < 4.78 is 7.44. The summed E-state index contributed by atoms with van der Waals surface area (Å²) in [6, 6.07) is 0.607. The molecule has 1 aliphatic heterocycles. The second-order valence-electron chi connectivity index (χ2n) is 6.45. The lowest BCUT2D eigenvalue weighted by atomic mass is 10.00. The summed E-state index contributed by atoms with van der Waals surface area (Å²) in [5.74, 6) is 2.19. The van der Waals surface area contributed by atoms with Gasteiger partial charge in [-0.3, -0.25) is 9.58 Å². The Morgan fingerprint density at radius 2 is 2.23 bits per heavy atom. The standard InChI is InChI=1S/C15H22N6O/c1-11(15-18-14(19-22-15)12-5-6-12)21-7-3-2-4-13(21)8-20-10-16-9-17-20/h9-13H,2-8H2,1H3/t11-,13+/m0/s1. The predicted molar refractivity (Wildman–Crippen MR) is 79.1 cm³/mol.